The first-order valence-corrected chi connectivity index (χ1v) is 7.65. The van der Waals surface area contributed by atoms with E-state index in [0.29, 0.717) is 16.5 Å². The van der Waals surface area contributed by atoms with Crippen LogP contribution in [0.5, 0.6) is 0 Å². The van der Waals surface area contributed by atoms with Gasteiger partial charge in [-0.25, -0.2) is 4.39 Å². The van der Waals surface area contributed by atoms with Crippen LogP contribution in [0.15, 0.2) is 47.5 Å². The average molecular weight is 341 g/mol. The van der Waals surface area contributed by atoms with Crippen molar-refractivity contribution >= 4 is 16.8 Å². The van der Waals surface area contributed by atoms with Crippen LogP contribution in [-0.4, -0.2) is 27.5 Å². The maximum Gasteiger partial charge on any atom is 0.252 e. The first-order chi connectivity index (χ1) is 12.0. The van der Waals surface area contributed by atoms with Crippen molar-refractivity contribution in [2.75, 3.05) is 6.54 Å². The lowest BCUT2D eigenvalue weighted by Gasteiger charge is -2.13. The number of hydrogen-bond donors (Lipinski definition) is 3. The highest BCUT2D eigenvalue weighted by atomic mass is 19.1. The topological polar surface area (TPSA) is 95.1 Å². The Hall–Kier alpha value is -3.06. The van der Waals surface area contributed by atoms with Gasteiger partial charge in [-0.15, -0.1) is 0 Å². The zero-order valence-electron chi connectivity index (χ0n) is 13.4. The largest absolute Gasteiger partial charge is 0.387 e. The third-order valence-electron chi connectivity index (χ3n) is 3.82. The highest BCUT2D eigenvalue weighted by molar-refractivity contribution is 6.06. The maximum atomic E-state index is 14.1. The molecule has 0 bridgehead atoms. The molecule has 3 aromatic rings. The number of hydrogen-bond acceptors (Lipinski definition) is 4. The van der Waals surface area contributed by atoms with E-state index in [9.17, 15) is 19.1 Å². The van der Waals surface area contributed by atoms with Gasteiger partial charge >= 0.3 is 0 Å². The summed E-state index contributed by atoms with van der Waals surface area (Å²) < 4.78 is 14.1. The third kappa shape index (κ3) is 3.56. The number of carbonyl (C=O) groups excluding carboxylic acids is 1. The smallest absolute Gasteiger partial charge is 0.252 e. The molecule has 0 aliphatic heterocycles. The van der Waals surface area contributed by atoms with Gasteiger partial charge in [0.15, 0.2) is 0 Å². The number of nitrogens with zero attached hydrogens (tertiary/aromatic N) is 1. The van der Waals surface area contributed by atoms with Gasteiger partial charge in [-0.3, -0.25) is 14.6 Å². The van der Waals surface area contributed by atoms with E-state index >= 15 is 0 Å². The monoisotopic (exact) mass is 341 g/mol. The predicted octanol–water partition coefficient (Wildman–Crippen LogP) is 1.83. The molecule has 0 saturated carbocycles. The summed E-state index contributed by atoms with van der Waals surface area (Å²) in [6.45, 7) is 1.63. The molecule has 6 nitrogen and oxygen atoms in total. The number of aliphatic hydroxyl groups is 1. The van der Waals surface area contributed by atoms with Crippen LogP contribution in [0, 0.1) is 12.7 Å². The molecule has 2 aromatic heterocycles. The van der Waals surface area contributed by atoms with Crippen molar-refractivity contribution in [3.8, 4) is 0 Å². The normalized spacial score (nSPS) is 12.1. The molecule has 3 N–H and O–H groups in total. The molecule has 7 heteroatoms. The Morgan fingerprint density at radius 3 is 2.92 bits per heavy atom. The maximum absolute atomic E-state index is 14.1. The van der Waals surface area contributed by atoms with Gasteiger partial charge in [-0.1, -0.05) is 6.07 Å². The van der Waals surface area contributed by atoms with E-state index in [1.54, 1.807) is 31.3 Å². The summed E-state index contributed by atoms with van der Waals surface area (Å²) in [6.07, 6.45) is 2.14. The number of aromatic nitrogens is 2. The van der Waals surface area contributed by atoms with Gasteiger partial charge in [0.1, 0.15) is 5.82 Å². The number of fused-ring (bicyclic) bond motifs is 1. The number of H-pyrrole nitrogens is 1. The standard InChI is InChI=1S/C18H16FN3O3/c1-10-5-12-13(7-16(24)22-17(12)14(19)6-10)18(25)21-9-15(23)11-3-2-4-20-8-11/h2-8,15,23H,9H2,1H3,(H,21,25)(H,22,24). The number of nitrogens with one attached hydrogen (secondary N) is 2. The van der Waals surface area contributed by atoms with Gasteiger partial charge in [0, 0.05) is 36.0 Å². The van der Waals surface area contributed by atoms with Crippen LogP contribution in [0.2, 0.25) is 0 Å². The van der Waals surface area contributed by atoms with E-state index < -0.39 is 23.4 Å². The van der Waals surface area contributed by atoms with Crippen LogP contribution in [0.4, 0.5) is 4.39 Å². The van der Waals surface area contributed by atoms with Crippen LogP contribution in [0.25, 0.3) is 10.9 Å². The minimum Gasteiger partial charge on any atom is -0.387 e. The van der Waals surface area contributed by atoms with Gasteiger partial charge in [0.25, 0.3) is 5.91 Å². The fourth-order valence-corrected chi connectivity index (χ4v) is 2.61. The number of pyridine rings is 2. The molecular formula is C18H16FN3O3. The van der Waals surface area contributed by atoms with E-state index in [0.717, 1.165) is 6.07 Å². The van der Waals surface area contributed by atoms with Crippen LogP contribution in [0.1, 0.15) is 27.6 Å². The summed E-state index contributed by atoms with van der Waals surface area (Å²) in [5.74, 6) is -1.17. The molecule has 0 spiro atoms. The Labute approximate surface area is 142 Å². The van der Waals surface area contributed by atoms with Crippen molar-refractivity contribution in [2.24, 2.45) is 0 Å². The lowest BCUT2D eigenvalue weighted by molar-refractivity contribution is 0.0917. The van der Waals surface area contributed by atoms with E-state index in [2.05, 4.69) is 15.3 Å². The minimum absolute atomic E-state index is 0.0175. The quantitative estimate of drug-likeness (QED) is 0.675. The SMILES string of the molecule is Cc1cc(F)c2[nH]c(=O)cc(C(=O)NCC(O)c3cccnc3)c2c1. The molecule has 0 radical (unpaired) electrons. The molecule has 1 unspecified atom stereocenters. The molecule has 0 fully saturated rings. The van der Waals surface area contributed by atoms with E-state index in [-0.39, 0.29) is 17.6 Å². The summed E-state index contributed by atoms with van der Waals surface area (Å²) in [7, 11) is 0. The Morgan fingerprint density at radius 1 is 1.40 bits per heavy atom. The van der Waals surface area contributed by atoms with Crippen molar-refractivity contribution in [1.29, 1.82) is 0 Å². The number of aryl methyl sites for hydroxylation is 1. The van der Waals surface area contributed by atoms with Gasteiger partial charge in [0.05, 0.1) is 17.2 Å². The number of benzene rings is 1. The van der Waals surface area contributed by atoms with E-state index in [1.807, 2.05) is 0 Å². The zero-order chi connectivity index (χ0) is 18.0. The Bertz CT molecular complexity index is 986. The Kier molecular flexibility index (Phi) is 4.58. The van der Waals surface area contributed by atoms with Crippen LogP contribution in [0.3, 0.4) is 0 Å². The molecule has 0 aliphatic carbocycles. The molecule has 1 aromatic carbocycles. The van der Waals surface area contributed by atoms with Gasteiger partial charge in [-0.2, -0.15) is 0 Å². The van der Waals surface area contributed by atoms with E-state index in [1.165, 1.54) is 12.3 Å². The highest BCUT2D eigenvalue weighted by Crippen LogP contribution is 2.20. The Balaban J connectivity index is 1.88. The lowest BCUT2D eigenvalue weighted by atomic mass is 10.1. The number of carbonyl (C=O) groups is 1. The molecule has 0 aliphatic rings. The van der Waals surface area contributed by atoms with Gasteiger partial charge in [-0.05, 0) is 30.7 Å². The number of aliphatic hydroxyl groups excluding tert-OH is 1. The van der Waals surface area contributed by atoms with Gasteiger partial charge < -0.3 is 15.4 Å². The molecule has 1 atom stereocenters. The van der Waals surface area contributed by atoms with Crippen LogP contribution < -0.4 is 10.9 Å². The van der Waals surface area contributed by atoms with Crippen molar-refractivity contribution < 1.29 is 14.3 Å². The van der Waals surface area contributed by atoms with Crippen molar-refractivity contribution in [3.05, 3.63) is 75.6 Å². The predicted molar refractivity (Wildman–Crippen MR) is 90.8 cm³/mol. The number of aromatic amines is 1. The molecule has 0 saturated heterocycles. The zero-order valence-corrected chi connectivity index (χ0v) is 13.4. The first-order valence-electron chi connectivity index (χ1n) is 7.65. The summed E-state index contributed by atoms with van der Waals surface area (Å²) in [4.78, 5) is 30.5. The number of amides is 1. The second-order valence-electron chi connectivity index (χ2n) is 5.73. The van der Waals surface area contributed by atoms with Gasteiger partial charge in [0.2, 0.25) is 5.56 Å². The first kappa shape index (κ1) is 16.8. The van der Waals surface area contributed by atoms with Crippen LogP contribution in [-0.2, 0) is 0 Å². The van der Waals surface area contributed by atoms with Crippen molar-refractivity contribution in [1.82, 2.24) is 15.3 Å². The fourth-order valence-electron chi connectivity index (χ4n) is 2.61. The van der Waals surface area contributed by atoms with Crippen molar-refractivity contribution in [2.45, 2.75) is 13.0 Å². The molecule has 128 valence electrons. The van der Waals surface area contributed by atoms with Crippen molar-refractivity contribution in [3.63, 3.8) is 0 Å². The molecule has 1 amide bonds. The van der Waals surface area contributed by atoms with Crippen LogP contribution >= 0.6 is 0 Å². The lowest BCUT2D eigenvalue weighted by Crippen LogP contribution is -2.29. The summed E-state index contributed by atoms with van der Waals surface area (Å²) >= 11 is 0. The molecule has 25 heavy (non-hydrogen) atoms. The average Bonchev–Trinajstić information content (AvgIpc) is 2.60. The highest BCUT2D eigenvalue weighted by Gasteiger charge is 2.16. The van der Waals surface area contributed by atoms with E-state index in [4.69, 9.17) is 0 Å². The third-order valence-corrected chi connectivity index (χ3v) is 3.82. The summed E-state index contributed by atoms with van der Waals surface area (Å²) in [5.41, 5.74) is 0.644. The number of rotatable bonds is 4. The second-order valence-corrected chi connectivity index (χ2v) is 5.73. The minimum atomic E-state index is -0.940. The number of halogens is 1. The molecule has 3 rings (SSSR count). The Morgan fingerprint density at radius 2 is 2.20 bits per heavy atom. The second kappa shape index (κ2) is 6.82. The summed E-state index contributed by atoms with van der Waals surface area (Å²) in [6, 6.07) is 7.39. The molecular weight excluding hydrogens is 325 g/mol. The fraction of sp³-hybridized carbons (Fsp3) is 0.167. The molecule has 2 heterocycles. The summed E-state index contributed by atoms with van der Waals surface area (Å²) in [5, 5.41) is 13.0.